The second-order valence-electron chi connectivity index (χ2n) is 8.05. The standard InChI is InChI=1S/C17H32O4Si/c1-9-14(21-22(7,8)17(4,5)6)12(3)15-10-13(18)11(2)16(19)20-15/h11-12,14-15H,9-10H2,1-8H3/t11?,12-,14+,15+/m0/s1. The molecule has 1 unspecified atom stereocenters. The van der Waals surface area contributed by atoms with Crippen molar-refractivity contribution in [3.8, 4) is 0 Å². The zero-order chi connectivity index (χ0) is 17.3. The van der Waals surface area contributed by atoms with Crippen LogP contribution in [-0.4, -0.2) is 32.3 Å². The summed E-state index contributed by atoms with van der Waals surface area (Å²) < 4.78 is 12.0. The van der Waals surface area contributed by atoms with Crippen LogP contribution in [-0.2, 0) is 18.8 Å². The summed E-state index contributed by atoms with van der Waals surface area (Å²) in [6, 6.07) is 0. The fraction of sp³-hybridized carbons (Fsp3) is 0.882. The van der Waals surface area contributed by atoms with E-state index < -0.39 is 20.2 Å². The Bertz CT molecular complexity index is 407. The van der Waals surface area contributed by atoms with E-state index >= 15 is 0 Å². The van der Waals surface area contributed by atoms with Gasteiger partial charge < -0.3 is 9.16 Å². The molecular formula is C17H32O4Si. The van der Waals surface area contributed by atoms with E-state index in [1.165, 1.54) is 0 Å². The topological polar surface area (TPSA) is 52.6 Å². The summed E-state index contributed by atoms with van der Waals surface area (Å²) in [5.41, 5.74) is 0. The van der Waals surface area contributed by atoms with Gasteiger partial charge in [0.2, 0.25) is 0 Å². The Hall–Kier alpha value is -0.683. The van der Waals surface area contributed by atoms with Gasteiger partial charge >= 0.3 is 5.97 Å². The van der Waals surface area contributed by atoms with Gasteiger partial charge in [0.15, 0.2) is 14.1 Å². The fourth-order valence-corrected chi connectivity index (χ4v) is 3.94. The molecule has 0 aromatic rings. The number of hydrogen-bond acceptors (Lipinski definition) is 4. The maximum absolute atomic E-state index is 11.9. The van der Waals surface area contributed by atoms with E-state index in [9.17, 15) is 9.59 Å². The number of carbonyl (C=O) groups is 2. The molecular weight excluding hydrogens is 296 g/mol. The highest BCUT2D eigenvalue weighted by Gasteiger charge is 2.43. The minimum Gasteiger partial charge on any atom is -0.461 e. The summed E-state index contributed by atoms with van der Waals surface area (Å²) in [6.45, 7) is 16.8. The van der Waals surface area contributed by atoms with Gasteiger partial charge in [-0.25, -0.2) is 0 Å². The van der Waals surface area contributed by atoms with E-state index in [0.29, 0.717) is 6.42 Å². The van der Waals surface area contributed by atoms with Crippen LogP contribution in [0.3, 0.4) is 0 Å². The molecule has 0 aromatic heterocycles. The molecule has 22 heavy (non-hydrogen) atoms. The fourth-order valence-electron chi connectivity index (χ4n) is 2.45. The molecule has 0 aliphatic carbocycles. The highest BCUT2D eigenvalue weighted by molar-refractivity contribution is 6.74. The van der Waals surface area contributed by atoms with Crippen LogP contribution in [0.5, 0.6) is 0 Å². The van der Waals surface area contributed by atoms with Crippen molar-refractivity contribution in [2.75, 3.05) is 0 Å². The third-order valence-corrected chi connectivity index (χ3v) is 9.84. The largest absolute Gasteiger partial charge is 0.461 e. The van der Waals surface area contributed by atoms with Gasteiger partial charge in [-0.05, 0) is 31.5 Å². The van der Waals surface area contributed by atoms with Crippen molar-refractivity contribution < 1.29 is 18.8 Å². The lowest BCUT2D eigenvalue weighted by atomic mass is 9.88. The number of cyclic esters (lactones) is 1. The molecule has 0 amide bonds. The number of carbonyl (C=O) groups excluding carboxylic acids is 2. The highest BCUT2D eigenvalue weighted by atomic mass is 28.4. The number of Topliss-reactive ketones (excluding diaryl/α,β-unsaturated/α-hetero) is 1. The Kier molecular flexibility index (Phi) is 6.01. The number of rotatable bonds is 5. The van der Waals surface area contributed by atoms with E-state index in [1.54, 1.807) is 6.92 Å². The lowest BCUT2D eigenvalue weighted by Crippen LogP contribution is -2.49. The molecule has 1 aliphatic rings. The van der Waals surface area contributed by atoms with Crippen LogP contribution in [0, 0.1) is 11.8 Å². The van der Waals surface area contributed by atoms with E-state index in [-0.39, 0.29) is 28.9 Å². The van der Waals surface area contributed by atoms with E-state index in [2.05, 4.69) is 40.8 Å². The van der Waals surface area contributed by atoms with Crippen LogP contribution >= 0.6 is 0 Å². The second kappa shape index (κ2) is 6.83. The molecule has 1 heterocycles. The van der Waals surface area contributed by atoms with Gasteiger partial charge in [-0.15, -0.1) is 0 Å². The van der Waals surface area contributed by atoms with Gasteiger partial charge in [0, 0.05) is 12.3 Å². The minimum absolute atomic E-state index is 0.0138. The Morgan fingerprint density at radius 2 is 1.86 bits per heavy atom. The first-order valence-electron chi connectivity index (χ1n) is 8.31. The SMILES string of the molecule is CC[C@@H](O[Si](C)(C)C(C)(C)C)[C@H](C)[C@H]1CC(=O)C(C)C(=O)O1. The maximum atomic E-state index is 11.9. The third kappa shape index (κ3) is 4.19. The summed E-state index contributed by atoms with van der Waals surface area (Å²) in [7, 11) is -1.89. The monoisotopic (exact) mass is 328 g/mol. The number of ether oxygens (including phenoxy) is 1. The molecule has 1 aliphatic heterocycles. The van der Waals surface area contributed by atoms with E-state index in [0.717, 1.165) is 6.42 Å². The Labute approximate surface area is 136 Å². The van der Waals surface area contributed by atoms with Crippen molar-refractivity contribution in [3.63, 3.8) is 0 Å². The lowest BCUT2D eigenvalue weighted by Gasteiger charge is -2.42. The first-order chi connectivity index (χ1) is 9.90. The summed E-state index contributed by atoms with van der Waals surface area (Å²) in [4.78, 5) is 23.7. The Balaban J connectivity index is 2.83. The molecule has 1 rings (SSSR count). The summed E-state index contributed by atoms with van der Waals surface area (Å²) >= 11 is 0. The minimum atomic E-state index is -1.89. The van der Waals surface area contributed by atoms with Gasteiger partial charge in [-0.1, -0.05) is 34.6 Å². The Morgan fingerprint density at radius 3 is 2.27 bits per heavy atom. The van der Waals surface area contributed by atoms with Crippen molar-refractivity contribution in [3.05, 3.63) is 0 Å². The normalized spacial score (nSPS) is 26.5. The molecule has 4 atom stereocenters. The quantitative estimate of drug-likeness (QED) is 0.436. The average Bonchev–Trinajstić information content (AvgIpc) is 2.39. The zero-order valence-electron chi connectivity index (χ0n) is 15.4. The van der Waals surface area contributed by atoms with Crippen LogP contribution in [0.2, 0.25) is 18.1 Å². The smallest absolute Gasteiger partial charge is 0.316 e. The molecule has 4 nitrogen and oxygen atoms in total. The number of hydrogen-bond donors (Lipinski definition) is 0. The zero-order valence-corrected chi connectivity index (χ0v) is 16.4. The predicted octanol–water partition coefficient (Wildman–Crippen LogP) is 3.94. The Morgan fingerprint density at radius 1 is 1.32 bits per heavy atom. The predicted molar refractivity (Wildman–Crippen MR) is 90.2 cm³/mol. The highest BCUT2D eigenvalue weighted by Crippen LogP contribution is 2.39. The maximum Gasteiger partial charge on any atom is 0.316 e. The molecule has 0 N–H and O–H groups in total. The van der Waals surface area contributed by atoms with Gasteiger partial charge in [-0.3, -0.25) is 9.59 Å². The molecule has 5 heteroatoms. The average molecular weight is 329 g/mol. The number of esters is 1. The molecule has 1 saturated heterocycles. The second-order valence-corrected chi connectivity index (χ2v) is 12.8. The van der Waals surface area contributed by atoms with Crippen molar-refractivity contribution >= 4 is 20.1 Å². The van der Waals surface area contributed by atoms with Crippen LogP contribution in [0.25, 0.3) is 0 Å². The summed E-state index contributed by atoms with van der Waals surface area (Å²) in [5, 5.41) is 0.133. The van der Waals surface area contributed by atoms with Gasteiger partial charge in [0.1, 0.15) is 12.0 Å². The summed E-state index contributed by atoms with van der Waals surface area (Å²) in [5.74, 6) is -1.00. The molecule has 0 bridgehead atoms. The molecule has 1 fully saturated rings. The van der Waals surface area contributed by atoms with E-state index in [4.69, 9.17) is 9.16 Å². The van der Waals surface area contributed by atoms with Crippen LogP contribution in [0.1, 0.15) is 54.4 Å². The van der Waals surface area contributed by atoms with Crippen LogP contribution in [0.4, 0.5) is 0 Å². The summed E-state index contributed by atoms with van der Waals surface area (Å²) in [6.07, 6.45) is 0.822. The van der Waals surface area contributed by atoms with Crippen molar-refractivity contribution in [2.24, 2.45) is 11.8 Å². The van der Waals surface area contributed by atoms with Gasteiger partial charge in [0.25, 0.3) is 0 Å². The van der Waals surface area contributed by atoms with Crippen molar-refractivity contribution in [1.82, 2.24) is 0 Å². The number of ketones is 1. The first-order valence-corrected chi connectivity index (χ1v) is 11.2. The third-order valence-electron chi connectivity index (χ3n) is 5.33. The molecule has 0 aromatic carbocycles. The van der Waals surface area contributed by atoms with E-state index in [1.807, 2.05) is 6.92 Å². The molecule has 0 saturated carbocycles. The van der Waals surface area contributed by atoms with Crippen molar-refractivity contribution in [2.45, 2.75) is 84.7 Å². The van der Waals surface area contributed by atoms with Gasteiger partial charge in [0.05, 0.1) is 6.10 Å². The van der Waals surface area contributed by atoms with Gasteiger partial charge in [-0.2, -0.15) is 0 Å². The lowest BCUT2D eigenvalue weighted by molar-refractivity contribution is -0.168. The van der Waals surface area contributed by atoms with Crippen LogP contribution in [0.15, 0.2) is 0 Å². The van der Waals surface area contributed by atoms with Crippen molar-refractivity contribution in [1.29, 1.82) is 0 Å². The molecule has 0 spiro atoms. The first kappa shape index (κ1) is 19.4. The molecule has 128 valence electrons. The molecule has 0 radical (unpaired) electrons. The van der Waals surface area contributed by atoms with Crippen LogP contribution < -0.4 is 0 Å².